The zero-order valence-corrected chi connectivity index (χ0v) is 10.2. The average molecular weight is 236 g/mol. The van der Waals surface area contributed by atoms with Crippen molar-refractivity contribution in [3.05, 3.63) is 35.4 Å². The smallest absolute Gasteiger partial charge is 0.331 e. The molecular formula is C13H16O4. The number of aliphatic carboxylic acids is 1. The Morgan fingerprint density at radius 2 is 2.00 bits per heavy atom. The maximum atomic E-state index is 10.7. The van der Waals surface area contributed by atoms with Gasteiger partial charge in [0.1, 0.15) is 11.5 Å². The van der Waals surface area contributed by atoms with Crippen molar-refractivity contribution in [2.24, 2.45) is 0 Å². The normalized spacial score (nSPS) is 9.82. The molecule has 0 heterocycles. The number of carboxylic acids is 1. The molecule has 0 aliphatic rings. The summed E-state index contributed by atoms with van der Waals surface area (Å²) in [5, 5.41) is 8.81. The van der Waals surface area contributed by atoms with Crippen molar-refractivity contribution in [1.82, 2.24) is 0 Å². The lowest BCUT2D eigenvalue weighted by molar-refractivity contribution is -0.132. The minimum Gasteiger partial charge on any atom is -0.496 e. The molecule has 0 unspecified atom stereocenters. The molecule has 1 aromatic carbocycles. The maximum absolute atomic E-state index is 10.7. The Balaban J connectivity index is 3.13. The maximum Gasteiger partial charge on any atom is 0.331 e. The molecule has 4 heteroatoms. The van der Waals surface area contributed by atoms with Gasteiger partial charge in [-0.3, -0.25) is 0 Å². The quantitative estimate of drug-likeness (QED) is 0.796. The number of rotatable bonds is 5. The van der Waals surface area contributed by atoms with E-state index in [0.29, 0.717) is 11.5 Å². The molecule has 0 spiro atoms. The summed E-state index contributed by atoms with van der Waals surface area (Å²) >= 11 is 0. The van der Waals surface area contributed by atoms with E-state index in [2.05, 4.69) is 6.58 Å². The van der Waals surface area contributed by atoms with Crippen molar-refractivity contribution < 1.29 is 19.4 Å². The molecule has 1 N–H and O–H groups in total. The zero-order chi connectivity index (χ0) is 13.0. The van der Waals surface area contributed by atoms with Gasteiger partial charge >= 0.3 is 5.97 Å². The monoisotopic (exact) mass is 236 g/mol. The summed E-state index contributed by atoms with van der Waals surface area (Å²) in [7, 11) is 3.13. The third kappa shape index (κ3) is 2.78. The highest BCUT2D eigenvalue weighted by Gasteiger charge is 2.14. The molecule has 4 nitrogen and oxygen atoms in total. The Morgan fingerprint density at radius 1 is 1.35 bits per heavy atom. The molecule has 17 heavy (non-hydrogen) atoms. The first-order chi connectivity index (χ1) is 8.01. The van der Waals surface area contributed by atoms with E-state index in [4.69, 9.17) is 14.6 Å². The second-order valence-electron chi connectivity index (χ2n) is 3.67. The lowest BCUT2D eigenvalue weighted by Crippen LogP contribution is -2.04. The van der Waals surface area contributed by atoms with Gasteiger partial charge in [-0.05, 0) is 18.6 Å². The number of benzene rings is 1. The fourth-order valence-electron chi connectivity index (χ4n) is 1.68. The lowest BCUT2D eigenvalue weighted by atomic mass is 10.0. The topological polar surface area (TPSA) is 55.8 Å². The predicted octanol–water partition coefficient (Wildman–Crippen LogP) is 2.20. The van der Waals surface area contributed by atoms with Crippen LogP contribution < -0.4 is 9.47 Å². The molecule has 0 bridgehead atoms. The molecule has 0 radical (unpaired) electrons. The van der Waals surface area contributed by atoms with Gasteiger partial charge in [-0.25, -0.2) is 4.79 Å². The van der Waals surface area contributed by atoms with E-state index in [1.807, 2.05) is 6.92 Å². The van der Waals surface area contributed by atoms with Crippen LogP contribution in [-0.4, -0.2) is 25.3 Å². The second-order valence-corrected chi connectivity index (χ2v) is 3.67. The second kappa shape index (κ2) is 5.39. The third-order valence-corrected chi connectivity index (χ3v) is 2.57. The number of carbonyl (C=O) groups is 1. The molecule has 0 aliphatic carbocycles. The standard InChI is InChI=1S/C13H16O4/c1-8(13(14)15)7-10-5-6-11(16-3)9(2)12(10)17-4/h5-6H,1,7H2,2-4H3,(H,14,15). The Morgan fingerprint density at radius 3 is 2.47 bits per heavy atom. The Labute approximate surface area is 100 Å². The summed E-state index contributed by atoms with van der Waals surface area (Å²) in [6, 6.07) is 3.58. The van der Waals surface area contributed by atoms with E-state index in [9.17, 15) is 4.79 Å². The SMILES string of the molecule is C=C(Cc1ccc(OC)c(C)c1OC)C(=O)O. The summed E-state index contributed by atoms with van der Waals surface area (Å²) in [4.78, 5) is 10.7. The van der Waals surface area contributed by atoms with Gasteiger partial charge in [0, 0.05) is 17.6 Å². The summed E-state index contributed by atoms with van der Waals surface area (Å²) in [5.74, 6) is 0.360. The molecule has 0 saturated carbocycles. The zero-order valence-electron chi connectivity index (χ0n) is 10.2. The van der Waals surface area contributed by atoms with Crippen molar-refractivity contribution in [3.8, 4) is 11.5 Å². The molecule has 92 valence electrons. The fraction of sp³-hybridized carbons (Fsp3) is 0.308. The van der Waals surface area contributed by atoms with E-state index < -0.39 is 5.97 Å². The largest absolute Gasteiger partial charge is 0.496 e. The van der Waals surface area contributed by atoms with Crippen molar-refractivity contribution >= 4 is 5.97 Å². The molecule has 0 amide bonds. The first kappa shape index (κ1) is 13.1. The van der Waals surface area contributed by atoms with Gasteiger partial charge in [-0.2, -0.15) is 0 Å². The average Bonchev–Trinajstić information content (AvgIpc) is 2.29. The van der Waals surface area contributed by atoms with Gasteiger partial charge in [0.05, 0.1) is 14.2 Å². The molecule has 0 saturated heterocycles. The first-order valence-corrected chi connectivity index (χ1v) is 5.12. The number of hydrogen-bond donors (Lipinski definition) is 1. The van der Waals surface area contributed by atoms with Crippen LogP contribution in [0.3, 0.4) is 0 Å². The van der Waals surface area contributed by atoms with Crippen molar-refractivity contribution in [2.45, 2.75) is 13.3 Å². The summed E-state index contributed by atoms with van der Waals surface area (Å²) in [6.07, 6.45) is 0.253. The number of ether oxygens (including phenoxy) is 2. The van der Waals surface area contributed by atoms with Crippen molar-refractivity contribution in [2.75, 3.05) is 14.2 Å². The van der Waals surface area contributed by atoms with Crippen LogP contribution in [0.5, 0.6) is 11.5 Å². The van der Waals surface area contributed by atoms with E-state index in [1.54, 1.807) is 26.4 Å². The van der Waals surface area contributed by atoms with Gasteiger partial charge in [-0.15, -0.1) is 0 Å². The molecule has 1 aromatic rings. The van der Waals surface area contributed by atoms with Crippen LogP contribution in [0.15, 0.2) is 24.3 Å². The van der Waals surface area contributed by atoms with Gasteiger partial charge in [0.25, 0.3) is 0 Å². The van der Waals surface area contributed by atoms with Crippen LogP contribution in [0, 0.1) is 6.92 Å². The summed E-state index contributed by atoms with van der Waals surface area (Å²) < 4.78 is 10.5. The van der Waals surface area contributed by atoms with Gasteiger partial charge in [0.15, 0.2) is 0 Å². The summed E-state index contributed by atoms with van der Waals surface area (Å²) in [6.45, 7) is 5.38. The highest BCUT2D eigenvalue weighted by Crippen LogP contribution is 2.32. The van der Waals surface area contributed by atoms with Gasteiger partial charge in [0.2, 0.25) is 0 Å². The molecular weight excluding hydrogens is 220 g/mol. The minimum atomic E-state index is -1.000. The minimum absolute atomic E-state index is 0.132. The van der Waals surface area contributed by atoms with E-state index in [-0.39, 0.29) is 12.0 Å². The van der Waals surface area contributed by atoms with Crippen molar-refractivity contribution in [3.63, 3.8) is 0 Å². The van der Waals surface area contributed by atoms with Crippen LogP contribution in [0.25, 0.3) is 0 Å². The number of methoxy groups -OCH3 is 2. The molecule has 0 fully saturated rings. The van der Waals surface area contributed by atoms with E-state index >= 15 is 0 Å². The van der Waals surface area contributed by atoms with Gasteiger partial charge < -0.3 is 14.6 Å². The predicted molar refractivity (Wildman–Crippen MR) is 64.8 cm³/mol. The number of hydrogen-bond acceptors (Lipinski definition) is 3. The Bertz CT molecular complexity index is 449. The highest BCUT2D eigenvalue weighted by atomic mass is 16.5. The third-order valence-electron chi connectivity index (χ3n) is 2.57. The highest BCUT2D eigenvalue weighted by molar-refractivity contribution is 5.86. The summed E-state index contributed by atoms with van der Waals surface area (Å²) in [5.41, 5.74) is 1.77. The van der Waals surface area contributed by atoms with Crippen LogP contribution in [0.2, 0.25) is 0 Å². The van der Waals surface area contributed by atoms with E-state index in [1.165, 1.54) is 0 Å². The number of carboxylic acid groups (broad SMARTS) is 1. The fourth-order valence-corrected chi connectivity index (χ4v) is 1.68. The van der Waals surface area contributed by atoms with Crippen LogP contribution in [0.1, 0.15) is 11.1 Å². The Hall–Kier alpha value is -1.97. The molecule has 0 aromatic heterocycles. The van der Waals surface area contributed by atoms with Crippen LogP contribution in [0.4, 0.5) is 0 Å². The van der Waals surface area contributed by atoms with Crippen molar-refractivity contribution in [1.29, 1.82) is 0 Å². The van der Waals surface area contributed by atoms with E-state index in [0.717, 1.165) is 11.1 Å². The Kier molecular flexibility index (Phi) is 4.15. The van der Waals surface area contributed by atoms with Crippen LogP contribution >= 0.6 is 0 Å². The lowest BCUT2D eigenvalue weighted by Gasteiger charge is -2.14. The molecule has 0 aliphatic heterocycles. The molecule has 0 atom stereocenters. The molecule has 1 rings (SSSR count). The van der Waals surface area contributed by atoms with Gasteiger partial charge in [-0.1, -0.05) is 12.6 Å². The van der Waals surface area contributed by atoms with Crippen LogP contribution in [-0.2, 0) is 11.2 Å². The first-order valence-electron chi connectivity index (χ1n) is 5.12.